The van der Waals surface area contributed by atoms with Crippen LogP contribution >= 0.6 is 0 Å². The van der Waals surface area contributed by atoms with E-state index in [1.54, 1.807) is 35.0 Å². The van der Waals surface area contributed by atoms with Gasteiger partial charge in [-0.15, -0.1) is 0 Å². The number of esters is 2. The van der Waals surface area contributed by atoms with Crippen LogP contribution in [0, 0.1) is 5.41 Å². The Kier molecular flexibility index (Phi) is 6.66. The molecule has 1 saturated heterocycles. The number of fused-ring (bicyclic) bond motifs is 5. The minimum Gasteiger partial charge on any atom is -0.493 e. The predicted octanol–water partition coefficient (Wildman–Crippen LogP) is 3.50. The number of methoxy groups -OCH3 is 3. The van der Waals surface area contributed by atoms with Gasteiger partial charge in [-0.05, 0) is 50.5 Å². The fourth-order valence-electron chi connectivity index (χ4n) is 6.01. The van der Waals surface area contributed by atoms with Crippen LogP contribution in [-0.4, -0.2) is 68.2 Å². The number of nitrogens with zero attached hydrogens (tertiary/aromatic N) is 1. The van der Waals surface area contributed by atoms with E-state index < -0.39 is 46.9 Å². The summed E-state index contributed by atoms with van der Waals surface area (Å²) >= 11 is 0. The van der Waals surface area contributed by atoms with Crippen LogP contribution in [0.4, 0.5) is 0 Å². The zero-order valence-electron chi connectivity index (χ0n) is 23.0. The molecule has 2 aromatic rings. The molecule has 5 rings (SSSR count). The van der Waals surface area contributed by atoms with Gasteiger partial charge in [0, 0.05) is 18.2 Å². The molecular weight excluding hydrogens is 502 g/mol. The molecule has 9 heteroatoms. The second kappa shape index (κ2) is 9.72. The third-order valence-electron chi connectivity index (χ3n) is 7.60. The lowest BCUT2D eigenvalue weighted by atomic mass is 9.70. The molecule has 2 aromatic carbocycles. The first-order chi connectivity index (χ1) is 18.6. The van der Waals surface area contributed by atoms with Crippen molar-refractivity contribution in [2.45, 2.75) is 51.0 Å². The molecule has 0 bridgehead atoms. The maximum absolute atomic E-state index is 14.3. The van der Waals surface area contributed by atoms with Crippen molar-refractivity contribution in [3.05, 3.63) is 65.2 Å². The lowest BCUT2D eigenvalue weighted by Gasteiger charge is -2.39. The number of benzene rings is 2. The molecule has 0 amide bonds. The standard InChI is InChI=1S/C30H33NO8/c1-29(2,3)39-28(34)30-23(32)16-20(17-10-8-7-9-11-17)38-26(30)24-19-15-22(36-5)21(35-4)14-18(19)12-13-31(24)25(30)27(33)37-6/h7-11,14-16,24-26H,12-13H2,1-6H3/t24-,25-,26+,30+/m1/s1. The Bertz CT molecular complexity index is 1340. The summed E-state index contributed by atoms with van der Waals surface area (Å²) in [5, 5.41) is 0. The number of carbonyl (C=O) groups excluding carboxylic acids is 3. The molecule has 0 unspecified atom stereocenters. The first-order valence-electron chi connectivity index (χ1n) is 12.9. The predicted molar refractivity (Wildman–Crippen MR) is 141 cm³/mol. The largest absolute Gasteiger partial charge is 0.493 e. The van der Waals surface area contributed by atoms with Crippen LogP contribution in [0.2, 0.25) is 0 Å². The second-order valence-corrected chi connectivity index (χ2v) is 10.9. The van der Waals surface area contributed by atoms with E-state index in [-0.39, 0.29) is 0 Å². The first kappa shape index (κ1) is 26.7. The van der Waals surface area contributed by atoms with E-state index >= 15 is 0 Å². The van der Waals surface area contributed by atoms with Crippen LogP contribution in [-0.2, 0) is 35.0 Å². The van der Waals surface area contributed by atoms with Crippen LogP contribution in [0.1, 0.15) is 43.5 Å². The molecule has 3 aliphatic heterocycles. The van der Waals surface area contributed by atoms with E-state index in [0.717, 1.165) is 11.1 Å². The fraction of sp³-hybridized carbons (Fsp3) is 0.433. The lowest BCUT2D eigenvalue weighted by Crippen LogP contribution is -2.60. The van der Waals surface area contributed by atoms with Gasteiger partial charge in [0.2, 0.25) is 0 Å². The highest BCUT2D eigenvalue weighted by molar-refractivity contribution is 6.17. The minimum absolute atomic E-state index is 0.322. The third kappa shape index (κ3) is 4.16. The van der Waals surface area contributed by atoms with Gasteiger partial charge in [-0.3, -0.25) is 19.3 Å². The SMILES string of the molecule is COC(=O)[C@H]1N2CCc3cc(OC)c(OC)cc3[C@@H]2[C@@H]2OC(c3ccccc3)=CC(=O)[C@@]21C(=O)OC(C)(C)C. The quantitative estimate of drug-likeness (QED) is 0.421. The van der Waals surface area contributed by atoms with Crippen LogP contribution in [0.3, 0.4) is 0 Å². The molecule has 39 heavy (non-hydrogen) atoms. The molecule has 0 N–H and O–H groups in total. The monoisotopic (exact) mass is 535 g/mol. The van der Waals surface area contributed by atoms with Crippen LogP contribution in [0.15, 0.2) is 48.5 Å². The fourth-order valence-corrected chi connectivity index (χ4v) is 6.01. The van der Waals surface area contributed by atoms with Crippen LogP contribution in [0.25, 0.3) is 5.76 Å². The highest BCUT2D eigenvalue weighted by atomic mass is 16.6. The van der Waals surface area contributed by atoms with Crippen molar-refractivity contribution in [1.29, 1.82) is 0 Å². The van der Waals surface area contributed by atoms with Gasteiger partial charge >= 0.3 is 11.9 Å². The molecule has 4 atom stereocenters. The Morgan fingerprint density at radius 3 is 2.31 bits per heavy atom. The minimum atomic E-state index is -1.99. The molecule has 1 fully saturated rings. The summed E-state index contributed by atoms with van der Waals surface area (Å²) < 4.78 is 28.8. The summed E-state index contributed by atoms with van der Waals surface area (Å²) in [4.78, 5) is 43.8. The second-order valence-electron chi connectivity index (χ2n) is 10.9. The number of hydrogen-bond donors (Lipinski definition) is 0. The van der Waals surface area contributed by atoms with Crippen molar-refractivity contribution in [2.24, 2.45) is 5.41 Å². The smallest absolute Gasteiger partial charge is 0.326 e. The molecule has 0 aromatic heterocycles. The normalized spacial score (nSPS) is 25.8. The summed E-state index contributed by atoms with van der Waals surface area (Å²) in [5.41, 5.74) is -0.494. The number of ketones is 1. The van der Waals surface area contributed by atoms with Gasteiger partial charge in [-0.2, -0.15) is 0 Å². The van der Waals surface area contributed by atoms with E-state index in [9.17, 15) is 14.4 Å². The zero-order chi connectivity index (χ0) is 28.1. The van der Waals surface area contributed by atoms with Crippen molar-refractivity contribution in [3.8, 4) is 11.5 Å². The van der Waals surface area contributed by atoms with Crippen molar-refractivity contribution in [2.75, 3.05) is 27.9 Å². The maximum atomic E-state index is 14.3. The average molecular weight is 536 g/mol. The van der Waals surface area contributed by atoms with E-state index in [2.05, 4.69) is 0 Å². The number of ether oxygens (including phenoxy) is 5. The number of allylic oxidation sites excluding steroid dienone is 1. The van der Waals surface area contributed by atoms with Gasteiger partial charge in [0.25, 0.3) is 0 Å². The lowest BCUT2D eigenvalue weighted by molar-refractivity contribution is -0.182. The Morgan fingerprint density at radius 2 is 1.69 bits per heavy atom. The number of carbonyl (C=O) groups is 3. The van der Waals surface area contributed by atoms with Gasteiger partial charge in [-0.25, -0.2) is 0 Å². The van der Waals surface area contributed by atoms with Crippen molar-refractivity contribution in [3.63, 3.8) is 0 Å². The summed E-state index contributed by atoms with van der Waals surface area (Å²) in [6, 6.07) is 11.0. The topological polar surface area (TPSA) is 101 Å². The number of hydrogen-bond acceptors (Lipinski definition) is 9. The Morgan fingerprint density at radius 1 is 1.03 bits per heavy atom. The molecule has 206 valence electrons. The van der Waals surface area contributed by atoms with E-state index in [4.69, 9.17) is 23.7 Å². The molecule has 0 aliphatic carbocycles. The molecule has 0 spiro atoms. The molecule has 3 aliphatic rings. The highest BCUT2D eigenvalue weighted by Gasteiger charge is 2.74. The number of rotatable bonds is 5. The Hall–Kier alpha value is -3.85. The maximum Gasteiger partial charge on any atom is 0.326 e. The summed E-state index contributed by atoms with van der Waals surface area (Å²) in [7, 11) is 4.35. The summed E-state index contributed by atoms with van der Waals surface area (Å²) in [5.74, 6) is -0.702. The van der Waals surface area contributed by atoms with Crippen molar-refractivity contribution >= 4 is 23.5 Å². The van der Waals surface area contributed by atoms with Gasteiger partial charge in [0.1, 0.15) is 23.5 Å². The third-order valence-corrected chi connectivity index (χ3v) is 7.60. The van der Waals surface area contributed by atoms with Crippen molar-refractivity contribution in [1.82, 2.24) is 4.90 Å². The zero-order valence-corrected chi connectivity index (χ0v) is 23.0. The van der Waals surface area contributed by atoms with Gasteiger partial charge in [0.05, 0.1) is 27.4 Å². The molecule has 3 heterocycles. The van der Waals surface area contributed by atoms with Gasteiger partial charge in [0.15, 0.2) is 22.7 Å². The average Bonchev–Trinajstić information content (AvgIpc) is 3.23. The van der Waals surface area contributed by atoms with E-state index in [1.165, 1.54) is 13.2 Å². The molecule has 0 radical (unpaired) electrons. The molecule has 0 saturated carbocycles. The Balaban J connectivity index is 1.77. The molecular formula is C30H33NO8. The van der Waals surface area contributed by atoms with Gasteiger partial charge < -0.3 is 23.7 Å². The first-order valence-corrected chi connectivity index (χ1v) is 12.9. The van der Waals surface area contributed by atoms with E-state index in [0.29, 0.717) is 35.8 Å². The Labute approximate surface area is 227 Å². The highest BCUT2D eigenvalue weighted by Crippen LogP contribution is 2.57. The van der Waals surface area contributed by atoms with Gasteiger partial charge in [-0.1, -0.05) is 30.3 Å². The molecule has 9 nitrogen and oxygen atoms in total. The summed E-state index contributed by atoms with van der Waals surface area (Å²) in [6.45, 7) is 5.54. The van der Waals surface area contributed by atoms with Crippen molar-refractivity contribution < 1.29 is 38.1 Å². The van der Waals surface area contributed by atoms with E-state index in [1.807, 2.05) is 47.4 Å². The van der Waals surface area contributed by atoms with Crippen LogP contribution in [0.5, 0.6) is 11.5 Å². The summed E-state index contributed by atoms with van der Waals surface area (Å²) in [6.07, 6.45) is 0.769. The van der Waals surface area contributed by atoms with Crippen LogP contribution < -0.4 is 9.47 Å².